The Labute approximate surface area is 102 Å². The fourth-order valence-electron chi connectivity index (χ4n) is 0.835. The lowest BCUT2D eigenvalue weighted by Gasteiger charge is -2.04. The van der Waals surface area contributed by atoms with Gasteiger partial charge in [-0.2, -0.15) is 18.3 Å². The number of alkyl halides is 3. The Kier molecular flexibility index (Phi) is 4.05. The van der Waals surface area contributed by atoms with E-state index in [-0.39, 0.29) is 11.4 Å². The second-order valence-electron chi connectivity index (χ2n) is 2.82. The molecule has 92 valence electrons. The van der Waals surface area contributed by atoms with Crippen LogP contribution in [0, 0.1) is 10.1 Å². The van der Waals surface area contributed by atoms with Gasteiger partial charge in [0.05, 0.1) is 10.6 Å². The third-order valence-electron chi connectivity index (χ3n) is 1.60. The maximum absolute atomic E-state index is 12.0. The van der Waals surface area contributed by atoms with Crippen LogP contribution in [0.1, 0.15) is 0 Å². The molecule has 0 heterocycles. The quantitative estimate of drug-likeness (QED) is 0.529. The molecule has 0 unspecified atom stereocenters. The van der Waals surface area contributed by atoms with E-state index in [1.165, 1.54) is 12.1 Å². The van der Waals surface area contributed by atoms with E-state index in [2.05, 4.69) is 26.5 Å². The van der Waals surface area contributed by atoms with Crippen molar-refractivity contribution in [1.29, 1.82) is 0 Å². The number of anilines is 1. The molecule has 1 rings (SSSR count). The first-order valence-corrected chi connectivity index (χ1v) is 4.91. The molecule has 0 spiro atoms. The maximum atomic E-state index is 12.0. The summed E-state index contributed by atoms with van der Waals surface area (Å²) in [5, 5.41) is 13.3. The van der Waals surface area contributed by atoms with Crippen molar-refractivity contribution in [3.63, 3.8) is 0 Å². The molecule has 1 aromatic rings. The zero-order chi connectivity index (χ0) is 13.1. The standard InChI is InChI=1S/C8H5BrF3N3O2/c9-7(8(10,11)12)14-13-5-1-3-6(4-2-5)15(16)17/h1-4,13H/b14-7-. The van der Waals surface area contributed by atoms with Gasteiger partial charge in [0.15, 0.2) is 0 Å². The first kappa shape index (κ1) is 13.4. The van der Waals surface area contributed by atoms with Crippen molar-refractivity contribution in [2.75, 3.05) is 5.43 Å². The van der Waals surface area contributed by atoms with Crippen molar-refractivity contribution in [3.05, 3.63) is 34.4 Å². The predicted octanol–water partition coefficient (Wildman–Crippen LogP) is 3.28. The molecule has 0 aromatic heterocycles. The molecular weight excluding hydrogens is 307 g/mol. The van der Waals surface area contributed by atoms with E-state index in [9.17, 15) is 23.3 Å². The number of hydrogen-bond acceptors (Lipinski definition) is 4. The number of rotatable bonds is 3. The molecule has 1 aromatic carbocycles. The van der Waals surface area contributed by atoms with Gasteiger partial charge in [0, 0.05) is 12.1 Å². The second kappa shape index (κ2) is 5.13. The Bertz CT molecular complexity index is 444. The number of nitrogens with one attached hydrogen (secondary N) is 1. The summed E-state index contributed by atoms with van der Waals surface area (Å²) < 4.78 is 34.8. The number of nitrogens with zero attached hydrogens (tertiary/aromatic N) is 2. The largest absolute Gasteiger partial charge is 0.441 e. The fraction of sp³-hybridized carbons (Fsp3) is 0.125. The molecule has 0 atom stereocenters. The van der Waals surface area contributed by atoms with Gasteiger partial charge < -0.3 is 0 Å². The Morgan fingerprint density at radius 2 is 1.88 bits per heavy atom. The molecule has 0 bridgehead atoms. The minimum atomic E-state index is -4.58. The van der Waals surface area contributed by atoms with Crippen LogP contribution in [0.4, 0.5) is 24.5 Å². The Morgan fingerprint density at radius 3 is 2.29 bits per heavy atom. The van der Waals surface area contributed by atoms with Gasteiger partial charge >= 0.3 is 6.18 Å². The molecule has 1 N–H and O–H groups in total. The lowest BCUT2D eigenvalue weighted by Crippen LogP contribution is -2.17. The van der Waals surface area contributed by atoms with Crippen LogP contribution in [0.15, 0.2) is 29.4 Å². The topological polar surface area (TPSA) is 67.5 Å². The van der Waals surface area contributed by atoms with Gasteiger partial charge in [-0.25, -0.2) is 0 Å². The van der Waals surface area contributed by atoms with E-state index in [1.54, 1.807) is 0 Å². The number of halogens is 4. The minimum Gasteiger partial charge on any atom is -0.277 e. The van der Waals surface area contributed by atoms with Crippen molar-refractivity contribution >= 4 is 31.9 Å². The van der Waals surface area contributed by atoms with Gasteiger partial charge in [-0.3, -0.25) is 15.5 Å². The zero-order valence-electron chi connectivity index (χ0n) is 8.03. The third-order valence-corrected chi connectivity index (χ3v) is 2.22. The van der Waals surface area contributed by atoms with Gasteiger partial charge in [0.25, 0.3) is 5.69 Å². The van der Waals surface area contributed by atoms with Gasteiger partial charge in [-0.1, -0.05) is 0 Å². The summed E-state index contributed by atoms with van der Waals surface area (Å²) in [5.41, 5.74) is 2.16. The minimum absolute atomic E-state index is 0.158. The summed E-state index contributed by atoms with van der Waals surface area (Å²) in [7, 11) is 0. The maximum Gasteiger partial charge on any atom is 0.441 e. The van der Waals surface area contributed by atoms with Crippen molar-refractivity contribution in [1.82, 2.24) is 0 Å². The van der Waals surface area contributed by atoms with Gasteiger partial charge in [0.1, 0.15) is 0 Å². The highest BCUT2D eigenvalue weighted by Crippen LogP contribution is 2.22. The number of non-ortho nitro benzene ring substituents is 1. The predicted molar refractivity (Wildman–Crippen MR) is 59.1 cm³/mol. The van der Waals surface area contributed by atoms with Gasteiger partial charge in [-0.15, -0.1) is 0 Å². The molecule has 0 aliphatic heterocycles. The highest BCUT2D eigenvalue weighted by molar-refractivity contribution is 9.18. The highest BCUT2D eigenvalue weighted by Gasteiger charge is 2.34. The summed E-state index contributed by atoms with van der Waals surface area (Å²) in [6.07, 6.45) is -4.58. The van der Waals surface area contributed by atoms with Gasteiger partial charge in [0.2, 0.25) is 4.62 Å². The van der Waals surface area contributed by atoms with Crippen LogP contribution in [0.5, 0.6) is 0 Å². The smallest absolute Gasteiger partial charge is 0.277 e. The lowest BCUT2D eigenvalue weighted by atomic mass is 10.3. The van der Waals surface area contributed by atoms with Crippen molar-refractivity contribution in [3.8, 4) is 0 Å². The normalized spacial score (nSPS) is 12.4. The zero-order valence-corrected chi connectivity index (χ0v) is 9.62. The van der Waals surface area contributed by atoms with Gasteiger partial charge in [-0.05, 0) is 28.1 Å². The molecule has 0 saturated heterocycles. The second-order valence-corrected chi connectivity index (χ2v) is 3.57. The van der Waals surface area contributed by atoms with E-state index in [0.29, 0.717) is 0 Å². The molecule has 0 fully saturated rings. The number of hydrogen-bond donors (Lipinski definition) is 1. The van der Waals surface area contributed by atoms with E-state index in [0.717, 1.165) is 12.1 Å². The van der Waals surface area contributed by atoms with Crippen LogP contribution in [0.25, 0.3) is 0 Å². The number of nitro groups is 1. The van der Waals surface area contributed by atoms with E-state index in [1.807, 2.05) is 0 Å². The van der Waals surface area contributed by atoms with E-state index < -0.39 is 15.7 Å². The number of hydrazone groups is 1. The summed E-state index contributed by atoms with van der Waals surface area (Å²) in [6, 6.07) is 4.80. The molecule has 0 aliphatic rings. The molecule has 0 aliphatic carbocycles. The summed E-state index contributed by atoms with van der Waals surface area (Å²) in [4.78, 5) is 9.70. The van der Waals surface area contributed by atoms with E-state index in [4.69, 9.17) is 0 Å². The summed E-state index contributed by atoms with van der Waals surface area (Å²) in [5.74, 6) is 0. The van der Waals surface area contributed by atoms with Crippen molar-refractivity contribution in [2.45, 2.75) is 6.18 Å². The van der Waals surface area contributed by atoms with Crippen LogP contribution >= 0.6 is 15.9 Å². The van der Waals surface area contributed by atoms with Crippen LogP contribution in [0.3, 0.4) is 0 Å². The lowest BCUT2D eigenvalue weighted by molar-refractivity contribution is -0.384. The Morgan fingerprint density at radius 1 is 1.35 bits per heavy atom. The fourth-order valence-corrected chi connectivity index (χ4v) is 0.923. The molecule has 0 saturated carbocycles. The van der Waals surface area contributed by atoms with Crippen LogP contribution in [-0.2, 0) is 0 Å². The van der Waals surface area contributed by atoms with Crippen LogP contribution < -0.4 is 5.43 Å². The summed E-state index contributed by atoms with van der Waals surface area (Å²) >= 11 is 2.25. The van der Waals surface area contributed by atoms with Crippen molar-refractivity contribution in [2.24, 2.45) is 5.10 Å². The third kappa shape index (κ3) is 4.02. The highest BCUT2D eigenvalue weighted by atomic mass is 79.9. The average Bonchev–Trinajstić information content (AvgIpc) is 2.25. The Balaban J connectivity index is 2.74. The summed E-state index contributed by atoms with van der Waals surface area (Å²) in [6.45, 7) is 0. The molecule has 0 amide bonds. The average molecular weight is 312 g/mol. The van der Waals surface area contributed by atoms with Crippen LogP contribution in [0.2, 0.25) is 0 Å². The monoisotopic (exact) mass is 311 g/mol. The Hall–Kier alpha value is -1.64. The number of nitro benzene ring substituents is 1. The molecule has 0 radical (unpaired) electrons. The SMILES string of the molecule is O=[N+]([O-])c1ccc(N/N=C(\Br)C(F)(F)F)cc1. The molecular formula is C8H5BrF3N3O2. The van der Waals surface area contributed by atoms with E-state index >= 15 is 0 Å². The molecule has 17 heavy (non-hydrogen) atoms. The number of benzene rings is 1. The molecule has 5 nitrogen and oxygen atoms in total. The van der Waals surface area contributed by atoms with Crippen LogP contribution in [-0.4, -0.2) is 15.7 Å². The molecule has 9 heteroatoms. The first-order valence-electron chi connectivity index (χ1n) is 4.11. The van der Waals surface area contributed by atoms with Crippen molar-refractivity contribution < 1.29 is 18.1 Å². The first-order chi connectivity index (χ1) is 7.80.